The topological polar surface area (TPSA) is 119 Å². The average molecular weight is 377 g/mol. The third kappa shape index (κ3) is 3.80. The summed E-state index contributed by atoms with van der Waals surface area (Å²) < 4.78 is 24.9. The van der Waals surface area contributed by atoms with Crippen LogP contribution in [0.3, 0.4) is 0 Å². The van der Waals surface area contributed by atoms with Crippen LogP contribution in [0.25, 0.3) is 10.2 Å². The standard InChI is InChI=1S/C15H11N3O5S2/c19-14(9-25(22,23)11-4-2-1-3-5-11)17-15-16-12-7-6-10(18(20)21)8-13(12)24-15/h1-8H,9H2,(H,16,17,19). The van der Waals surface area contributed by atoms with E-state index in [0.717, 1.165) is 11.3 Å². The summed E-state index contributed by atoms with van der Waals surface area (Å²) in [6, 6.07) is 11.8. The quantitative estimate of drug-likeness (QED) is 0.539. The molecule has 0 fully saturated rings. The number of nitrogens with one attached hydrogen (secondary N) is 1. The summed E-state index contributed by atoms with van der Waals surface area (Å²) in [4.78, 5) is 26.5. The first-order valence-corrected chi connectivity index (χ1v) is 9.45. The largest absolute Gasteiger partial charge is 0.301 e. The lowest BCUT2D eigenvalue weighted by atomic mass is 10.3. The molecule has 0 saturated carbocycles. The van der Waals surface area contributed by atoms with E-state index in [2.05, 4.69) is 10.3 Å². The lowest BCUT2D eigenvalue weighted by molar-refractivity contribution is -0.384. The van der Waals surface area contributed by atoms with Gasteiger partial charge in [0.05, 0.1) is 20.0 Å². The van der Waals surface area contributed by atoms with E-state index in [-0.39, 0.29) is 15.7 Å². The van der Waals surface area contributed by atoms with Gasteiger partial charge in [0.2, 0.25) is 5.91 Å². The van der Waals surface area contributed by atoms with Crippen LogP contribution in [-0.4, -0.2) is 30.0 Å². The third-order valence-corrected chi connectivity index (χ3v) is 5.82. The van der Waals surface area contributed by atoms with Gasteiger partial charge in [-0.2, -0.15) is 0 Å². The van der Waals surface area contributed by atoms with Crippen molar-refractivity contribution in [1.82, 2.24) is 4.98 Å². The molecule has 1 heterocycles. The molecule has 0 saturated heterocycles. The van der Waals surface area contributed by atoms with Gasteiger partial charge in [-0.15, -0.1) is 0 Å². The number of amides is 1. The Morgan fingerprint density at radius 2 is 1.92 bits per heavy atom. The molecule has 0 aliphatic carbocycles. The number of nitro benzene ring substituents is 1. The summed E-state index contributed by atoms with van der Waals surface area (Å²) in [5.41, 5.74) is 0.400. The van der Waals surface area contributed by atoms with Crippen molar-refractivity contribution in [1.29, 1.82) is 0 Å². The van der Waals surface area contributed by atoms with Gasteiger partial charge in [-0.05, 0) is 18.2 Å². The zero-order valence-electron chi connectivity index (χ0n) is 12.6. The number of sulfone groups is 1. The maximum Gasteiger partial charge on any atom is 0.270 e. The molecule has 0 aliphatic rings. The van der Waals surface area contributed by atoms with E-state index in [1.807, 2.05) is 0 Å². The molecule has 1 amide bonds. The number of aromatic nitrogens is 1. The Balaban J connectivity index is 1.77. The molecular weight excluding hydrogens is 366 g/mol. The van der Waals surface area contributed by atoms with Crippen LogP contribution in [0.4, 0.5) is 10.8 Å². The van der Waals surface area contributed by atoms with E-state index in [4.69, 9.17) is 0 Å². The summed E-state index contributed by atoms with van der Waals surface area (Å²) in [7, 11) is -3.75. The molecule has 2 aromatic carbocycles. The van der Waals surface area contributed by atoms with Gasteiger partial charge in [-0.25, -0.2) is 13.4 Å². The summed E-state index contributed by atoms with van der Waals surface area (Å²) in [5.74, 6) is -1.44. The van der Waals surface area contributed by atoms with E-state index in [1.54, 1.807) is 18.2 Å². The Kier molecular flexibility index (Phi) is 4.47. The number of benzene rings is 2. The van der Waals surface area contributed by atoms with Crippen molar-refractivity contribution in [3.05, 3.63) is 58.6 Å². The zero-order chi connectivity index (χ0) is 18.0. The first-order valence-electron chi connectivity index (χ1n) is 6.98. The van der Waals surface area contributed by atoms with Crippen LogP contribution in [0, 0.1) is 10.1 Å². The predicted molar refractivity (Wildman–Crippen MR) is 93.4 cm³/mol. The molecule has 25 heavy (non-hydrogen) atoms. The second-order valence-electron chi connectivity index (χ2n) is 5.05. The lowest BCUT2D eigenvalue weighted by Crippen LogP contribution is -2.22. The average Bonchev–Trinajstić information content (AvgIpc) is 2.96. The molecule has 0 aliphatic heterocycles. The molecule has 0 unspecified atom stereocenters. The summed E-state index contributed by atoms with van der Waals surface area (Å²) >= 11 is 1.04. The summed E-state index contributed by atoms with van der Waals surface area (Å²) in [6.45, 7) is 0. The van der Waals surface area contributed by atoms with E-state index in [9.17, 15) is 23.3 Å². The molecule has 0 spiro atoms. The molecule has 3 aromatic rings. The van der Waals surface area contributed by atoms with Gasteiger partial charge in [0, 0.05) is 12.1 Å². The van der Waals surface area contributed by atoms with Gasteiger partial charge in [-0.1, -0.05) is 29.5 Å². The predicted octanol–water partition coefficient (Wildman–Crippen LogP) is 2.62. The molecule has 8 nitrogen and oxygen atoms in total. The maximum absolute atomic E-state index is 12.2. The van der Waals surface area contributed by atoms with Crippen LogP contribution in [0.15, 0.2) is 53.4 Å². The number of carbonyl (C=O) groups is 1. The lowest BCUT2D eigenvalue weighted by Gasteiger charge is -2.04. The minimum atomic E-state index is -3.75. The fourth-order valence-corrected chi connectivity index (χ4v) is 4.19. The number of thiazole rings is 1. The molecule has 3 rings (SSSR count). The van der Waals surface area contributed by atoms with Crippen molar-refractivity contribution in [2.45, 2.75) is 4.90 Å². The van der Waals surface area contributed by atoms with Crippen LogP contribution in [0.1, 0.15) is 0 Å². The first-order chi connectivity index (χ1) is 11.8. The van der Waals surface area contributed by atoms with Crippen molar-refractivity contribution in [3.8, 4) is 0 Å². The van der Waals surface area contributed by atoms with Crippen molar-refractivity contribution < 1.29 is 18.1 Å². The molecule has 0 radical (unpaired) electrons. The van der Waals surface area contributed by atoms with Gasteiger partial charge in [-0.3, -0.25) is 14.9 Å². The number of non-ortho nitro benzene ring substituents is 1. The van der Waals surface area contributed by atoms with Gasteiger partial charge >= 0.3 is 0 Å². The number of nitro groups is 1. The molecule has 0 bridgehead atoms. The number of fused-ring (bicyclic) bond motifs is 1. The van der Waals surface area contributed by atoms with Crippen molar-refractivity contribution >= 4 is 48.1 Å². The third-order valence-electron chi connectivity index (χ3n) is 3.25. The van der Waals surface area contributed by atoms with E-state index in [0.29, 0.717) is 10.2 Å². The minimum Gasteiger partial charge on any atom is -0.301 e. The zero-order valence-corrected chi connectivity index (χ0v) is 14.2. The molecule has 128 valence electrons. The Morgan fingerprint density at radius 1 is 1.20 bits per heavy atom. The molecule has 10 heteroatoms. The fraction of sp³-hybridized carbons (Fsp3) is 0.0667. The Morgan fingerprint density at radius 3 is 2.60 bits per heavy atom. The molecule has 0 atom stereocenters. The van der Waals surface area contributed by atoms with Gasteiger partial charge in [0.1, 0.15) is 5.75 Å². The van der Waals surface area contributed by atoms with Gasteiger partial charge in [0.25, 0.3) is 5.69 Å². The minimum absolute atomic E-state index is 0.0603. The van der Waals surface area contributed by atoms with Crippen molar-refractivity contribution in [2.75, 3.05) is 11.1 Å². The Bertz CT molecular complexity index is 1060. The first kappa shape index (κ1) is 17.0. The summed E-state index contributed by atoms with van der Waals surface area (Å²) in [5, 5.41) is 13.4. The number of nitrogens with zero attached hydrogens (tertiary/aromatic N) is 2. The Labute approximate surface area is 146 Å². The van der Waals surface area contributed by atoms with Gasteiger partial charge < -0.3 is 5.32 Å². The molecular formula is C15H11N3O5S2. The van der Waals surface area contributed by atoms with E-state index in [1.165, 1.54) is 30.3 Å². The van der Waals surface area contributed by atoms with Crippen molar-refractivity contribution in [2.24, 2.45) is 0 Å². The number of anilines is 1. The Hall–Kier alpha value is -2.85. The van der Waals surface area contributed by atoms with Crippen LogP contribution >= 0.6 is 11.3 Å². The van der Waals surface area contributed by atoms with Crippen molar-refractivity contribution in [3.63, 3.8) is 0 Å². The normalized spacial score (nSPS) is 11.4. The van der Waals surface area contributed by atoms with Crippen LogP contribution in [0.5, 0.6) is 0 Å². The van der Waals surface area contributed by atoms with Crippen LogP contribution < -0.4 is 5.32 Å². The number of hydrogen-bond acceptors (Lipinski definition) is 7. The smallest absolute Gasteiger partial charge is 0.270 e. The SMILES string of the molecule is O=C(CS(=O)(=O)c1ccccc1)Nc1nc2ccc([N+](=O)[O-])cc2s1. The number of carbonyl (C=O) groups excluding carboxylic acids is 1. The number of rotatable bonds is 5. The highest BCUT2D eigenvalue weighted by molar-refractivity contribution is 7.92. The van der Waals surface area contributed by atoms with Crippen LogP contribution in [0.2, 0.25) is 0 Å². The summed E-state index contributed by atoms with van der Waals surface area (Å²) in [6.07, 6.45) is 0. The van der Waals surface area contributed by atoms with E-state index < -0.39 is 26.4 Å². The fourth-order valence-electron chi connectivity index (χ4n) is 2.12. The van der Waals surface area contributed by atoms with Gasteiger partial charge in [0.15, 0.2) is 15.0 Å². The second kappa shape index (κ2) is 6.57. The van der Waals surface area contributed by atoms with E-state index >= 15 is 0 Å². The number of hydrogen-bond donors (Lipinski definition) is 1. The van der Waals surface area contributed by atoms with Crippen LogP contribution in [-0.2, 0) is 14.6 Å². The monoisotopic (exact) mass is 377 g/mol. The highest BCUT2D eigenvalue weighted by Gasteiger charge is 2.20. The highest BCUT2D eigenvalue weighted by Crippen LogP contribution is 2.29. The molecule has 1 N–H and O–H groups in total. The highest BCUT2D eigenvalue weighted by atomic mass is 32.2. The maximum atomic E-state index is 12.2. The second-order valence-corrected chi connectivity index (χ2v) is 8.07. The molecule has 1 aromatic heterocycles.